The van der Waals surface area contributed by atoms with Gasteiger partial charge in [-0.05, 0) is 36.6 Å². The van der Waals surface area contributed by atoms with Crippen molar-refractivity contribution in [3.63, 3.8) is 0 Å². The summed E-state index contributed by atoms with van der Waals surface area (Å²) in [4.78, 5) is 0. The Balaban J connectivity index is 2.09. The van der Waals surface area contributed by atoms with Gasteiger partial charge >= 0.3 is 0 Å². The van der Waals surface area contributed by atoms with Crippen LogP contribution >= 0.6 is 11.6 Å². The molecular formula is C17H19ClFNO. The molecule has 2 N–H and O–H groups in total. The van der Waals surface area contributed by atoms with E-state index < -0.39 is 0 Å². The van der Waals surface area contributed by atoms with E-state index in [-0.39, 0.29) is 18.5 Å². The summed E-state index contributed by atoms with van der Waals surface area (Å²) < 4.78 is 19.5. The van der Waals surface area contributed by atoms with Crippen molar-refractivity contribution in [1.29, 1.82) is 0 Å². The van der Waals surface area contributed by atoms with E-state index in [0.717, 1.165) is 24.2 Å². The summed E-state index contributed by atoms with van der Waals surface area (Å²) in [5.41, 5.74) is 7.52. The maximum atomic E-state index is 13.7. The summed E-state index contributed by atoms with van der Waals surface area (Å²) in [7, 11) is 0. The third-order valence-electron chi connectivity index (χ3n) is 3.38. The number of para-hydroxylation sites is 1. The zero-order chi connectivity index (χ0) is 15.2. The number of nitrogens with two attached hydrogens (primary N) is 1. The minimum atomic E-state index is -0.356. The molecule has 0 saturated heterocycles. The van der Waals surface area contributed by atoms with Crippen molar-refractivity contribution in [2.75, 3.05) is 0 Å². The molecule has 112 valence electrons. The largest absolute Gasteiger partial charge is 0.489 e. The zero-order valence-corrected chi connectivity index (χ0v) is 12.7. The van der Waals surface area contributed by atoms with Crippen molar-refractivity contribution < 1.29 is 9.13 Å². The van der Waals surface area contributed by atoms with Crippen molar-refractivity contribution in [1.82, 2.24) is 0 Å². The third kappa shape index (κ3) is 4.45. The smallest absolute Gasteiger partial charge is 0.131 e. The average molecular weight is 308 g/mol. The number of ether oxygens (including phenoxy) is 1. The van der Waals surface area contributed by atoms with Gasteiger partial charge in [0.2, 0.25) is 0 Å². The van der Waals surface area contributed by atoms with Crippen LogP contribution in [0.25, 0.3) is 0 Å². The van der Waals surface area contributed by atoms with Gasteiger partial charge in [-0.1, -0.05) is 42.8 Å². The van der Waals surface area contributed by atoms with E-state index in [4.69, 9.17) is 22.1 Å². The third-order valence-corrected chi connectivity index (χ3v) is 3.61. The number of rotatable bonds is 6. The summed E-state index contributed by atoms with van der Waals surface area (Å²) in [5, 5.41) is 0.380. The number of hydrogen-bond acceptors (Lipinski definition) is 2. The quantitative estimate of drug-likeness (QED) is 0.861. The SMILES string of the molecule is CCC(N)Cc1ccccc1OCc1ccc(Cl)cc1F. The first kappa shape index (κ1) is 15.8. The Hall–Kier alpha value is -1.58. The Bertz CT molecular complexity index is 603. The normalized spacial score (nSPS) is 12.2. The fraction of sp³-hybridized carbons (Fsp3) is 0.294. The van der Waals surface area contributed by atoms with Crippen LogP contribution in [-0.4, -0.2) is 6.04 Å². The predicted octanol–water partition coefficient (Wildman–Crippen LogP) is 4.34. The van der Waals surface area contributed by atoms with Crippen LogP contribution in [-0.2, 0) is 13.0 Å². The second-order valence-electron chi connectivity index (χ2n) is 5.00. The zero-order valence-electron chi connectivity index (χ0n) is 12.0. The first-order chi connectivity index (χ1) is 10.1. The molecule has 4 heteroatoms. The number of benzene rings is 2. The minimum Gasteiger partial charge on any atom is -0.489 e. The molecule has 0 aliphatic rings. The molecule has 0 radical (unpaired) electrons. The molecule has 0 aliphatic heterocycles. The highest BCUT2D eigenvalue weighted by Crippen LogP contribution is 2.22. The predicted molar refractivity (Wildman–Crippen MR) is 84.2 cm³/mol. The van der Waals surface area contributed by atoms with Gasteiger partial charge in [0.05, 0.1) is 0 Å². The first-order valence-electron chi connectivity index (χ1n) is 7.00. The van der Waals surface area contributed by atoms with Gasteiger partial charge in [0, 0.05) is 16.6 Å². The van der Waals surface area contributed by atoms with Crippen molar-refractivity contribution in [3.8, 4) is 5.75 Å². The lowest BCUT2D eigenvalue weighted by Crippen LogP contribution is -2.21. The van der Waals surface area contributed by atoms with Crippen molar-refractivity contribution in [2.45, 2.75) is 32.4 Å². The van der Waals surface area contributed by atoms with Crippen LogP contribution in [0.1, 0.15) is 24.5 Å². The molecule has 0 aromatic heterocycles. The molecule has 1 atom stereocenters. The van der Waals surface area contributed by atoms with Crippen LogP contribution in [0.15, 0.2) is 42.5 Å². The lowest BCUT2D eigenvalue weighted by molar-refractivity contribution is 0.296. The van der Waals surface area contributed by atoms with Crippen molar-refractivity contribution in [3.05, 3.63) is 64.4 Å². The monoisotopic (exact) mass is 307 g/mol. The highest BCUT2D eigenvalue weighted by Gasteiger charge is 2.09. The van der Waals surface area contributed by atoms with Crippen LogP contribution in [0.3, 0.4) is 0 Å². The van der Waals surface area contributed by atoms with Gasteiger partial charge in [-0.25, -0.2) is 4.39 Å². The van der Waals surface area contributed by atoms with Gasteiger partial charge in [0.1, 0.15) is 18.2 Å². The standard InChI is InChI=1S/C17H19ClFNO/c1-2-15(20)9-12-5-3-4-6-17(12)21-11-13-7-8-14(18)10-16(13)19/h3-8,10,15H,2,9,11,20H2,1H3. The molecule has 0 aliphatic carbocycles. The molecule has 0 heterocycles. The van der Waals surface area contributed by atoms with E-state index in [2.05, 4.69) is 6.92 Å². The van der Waals surface area contributed by atoms with Crippen LogP contribution in [0.5, 0.6) is 5.75 Å². The fourth-order valence-corrected chi connectivity index (χ4v) is 2.19. The molecule has 2 aromatic rings. The fourth-order valence-electron chi connectivity index (χ4n) is 2.03. The summed E-state index contributed by atoms with van der Waals surface area (Å²) in [6.07, 6.45) is 1.65. The average Bonchev–Trinajstić information content (AvgIpc) is 2.47. The van der Waals surface area contributed by atoms with Gasteiger partial charge in [0.15, 0.2) is 0 Å². The Morgan fingerprint density at radius 3 is 2.67 bits per heavy atom. The topological polar surface area (TPSA) is 35.2 Å². The van der Waals surface area contributed by atoms with Crippen LogP contribution in [0.2, 0.25) is 5.02 Å². The lowest BCUT2D eigenvalue weighted by Gasteiger charge is -2.14. The Kier molecular flexibility index (Phi) is 5.59. The Morgan fingerprint density at radius 1 is 1.19 bits per heavy atom. The highest BCUT2D eigenvalue weighted by atomic mass is 35.5. The molecular weight excluding hydrogens is 289 g/mol. The van der Waals surface area contributed by atoms with E-state index in [1.165, 1.54) is 6.07 Å². The second-order valence-corrected chi connectivity index (χ2v) is 5.44. The van der Waals surface area contributed by atoms with Crippen LogP contribution in [0.4, 0.5) is 4.39 Å². The summed E-state index contributed by atoms with van der Waals surface area (Å²) in [5.74, 6) is 0.390. The Morgan fingerprint density at radius 2 is 1.95 bits per heavy atom. The molecule has 2 aromatic carbocycles. The van der Waals surface area contributed by atoms with E-state index in [1.54, 1.807) is 12.1 Å². The molecule has 0 spiro atoms. The van der Waals surface area contributed by atoms with E-state index in [0.29, 0.717) is 10.6 Å². The number of halogens is 2. The molecule has 2 nitrogen and oxygen atoms in total. The molecule has 1 unspecified atom stereocenters. The van der Waals surface area contributed by atoms with Gasteiger partial charge in [-0.15, -0.1) is 0 Å². The van der Waals surface area contributed by atoms with Gasteiger partial charge in [-0.2, -0.15) is 0 Å². The Labute approximate surface area is 129 Å². The molecule has 0 fully saturated rings. The van der Waals surface area contributed by atoms with Crippen molar-refractivity contribution in [2.24, 2.45) is 5.73 Å². The van der Waals surface area contributed by atoms with Crippen LogP contribution in [0, 0.1) is 5.82 Å². The summed E-state index contributed by atoms with van der Waals surface area (Å²) in [6.45, 7) is 2.22. The first-order valence-corrected chi connectivity index (χ1v) is 7.38. The van der Waals surface area contributed by atoms with E-state index >= 15 is 0 Å². The number of hydrogen-bond donors (Lipinski definition) is 1. The maximum absolute atomic E-state index is 13.7. The molecule has 21 heavy (non-hydrogen) atoms. The van der Waals surface area contributed by atoms with E-state index in [9.17, 15) is 4.39 Å². The van der Waals surface area contributed by atoms with Crippen molar-refractivity contribution >= 4 is 11.6 Å². The molecule has 0 saturated carbocycles. The van der Waals surface area contributed by atoms with Gasteiger partial charge in [-0.3, -0.25) is 0 Å². The molecule has 0 amide bonds. The maximum Gasteiger partial charge on any atom is 0.131 e. The second kappa shape index (κ2) is 7.43. The highest BCUT2D eigenvalue weighted by molar-refractivity contribution is 6.30. The molecule has 0 bridgehead atoms. The van der Waals surface area contributed by atoms with Gasteiger partial charge < -0.3 is 10.5 Å². The summed E-state index contributed by atoms with van der Waals surface area (Å²) >= 11 is 5.74. The lowest BCUT2D eigenvalue weighted by atomic mass is 10.0. The van der Waals surface area contributed by atoms with Crippen LogP contribution < -0.4 is 10.5 Å². The van der Waals surface area contributed by atoms with E-state index in [1.807, 2.05) is 24.3 Å². The molecule has 2 rings (SSSR count). The van der Waals surface area contributed by atoms with Gasteiger partial charge in [0.25, 0.3) is 0 Å². The minimum absolute atomic E-state index is 0.0991. The summed E-state index contributed by atoms with van der Waals surface area (Å²) in [6, 6.07) is 12.4.